The topological polar surface area (TPSA) is 26.3 Å². The molecule has 0 aliphatic heterocycles. The zero-order valence-corrected chi connectivity index (χ0v) is 21.2. The summed E-state index contributed by atoms with van der Waals surface area (Å²) in [6.45, 7) is 14.1. The van der Waals surface area contributed by atoms with Crippen molar-refractivity contribution in [2.45, 2.75) is 112 Å². The van der Waals surface area contributed by atoms with Crippen molar-refractivity contribution >= 4 is 5.97 Å². The summed E-state index contributed by atoms with van der Waals surface area (Å²) >= 11 is 0. The number of rotatable bonds is 6. The normalized spacial score (nSPS) is 45.0. The SMILES string of the molecule is CC(=O)O[C@@H]1CC[C@]2(C)[C@@H]3CC[C@]4(C)[C@H](CC[C@H]4[C@H](C)CCCC(C)C)[C@@H]3C=C[C@H]2C1. The molecule has 4 aliphatic rings. The molecule has 0 N–H and O–H groups in total. The van der Waals surface area contributed by atoms with Crippen molar-refractivity contribution < 1.29 is 9.53 Å². The van der Waals surface area contributed by atoms with E-state index in [9.17, 15) is 4.79 Å². The van der Waals surface area contributed by atoms with Crippen molar-refractivity contribution in [2.75, 3.05) is 0 Å². The van der Waals surface area contributed by atoms with E-state index in [0.29, 0.717) is 16.7 Å². The van der Waals surface area contributed by atoms with E-state index in [-0.39, 0.29) is 12.1 Å². The fraction of sp³-hybridized carbons (Fsp3) is 0.897. The Morgan fingerprint density at radius 3 is 2.39 bits per heavy atom. The van der Waals surface area contributed by atoms with E-state index < -0.39 is 0 Å². The third-order valence-electron chi connectivity index (χ3n) is 10.6. The first-order valence-electron chi connectivity index (χ1n) is 13.5. The van der Waals surface area contributed by atoms with Crippen LogP contribution in [0.4, 0.5) is 0 Å². The molecule has 0 radical (unpaired) electrons. The second-order valence-electron chi connectivity index (χ2n) is 12.8. The molecule has 2 nitrogen and oxygen atoms in total. The summed E-state index contributed by atoms with van der Waals surface area (Å²) in [6.07, 6.45) is 18.6. The number of fused-ring (bicyclic) bond motifs is 5. The van der Waals surface area contributed by atoms with E-state index in [1.165, 1.54) is 51.4 Å². The van der Waals surface area contributed by atoms with E-state index in [1.54, 1.807) is 6.92 Å². The summed E-state index contributed by atoms with van der Waals surface area (Å²) in [4.78, 5) is 11.5. The third kappa shape index (κ3) is 4.26. The maximum Gasteiger partial charge on any atom is 0.302 e. The van der Waals surface area contributed by atoms with Crippen LogP contribution in [0.3, 0.4) is 0 Å². The quantitative estimate of drug-likeness (QED) is 0.318. The van der Waals surface area contributed by atoms with Gasteiger partial charge in [-0.15, -0.1) is 0 Å². The number of hydrogen-bond donors (Lipinski definition) is 0. The van der Waals surface area contributed by atoms with Gasteiger partial charge in [-0.2, -0.15) is 0 Å². The molecule has 176 valence electrons. The minimum absolute atomic E-state index is 0.112. The number of carbonyl (C=O) groups is 1. The van der Waals surface area contributed by atoms with Crippen molar-refractivity contribution in [3.05, 3.63) is 12.2 Å². The second-order valence-corrected chi connectivity index (χ2v) is 12.8. The van der Waals surface area contributed by atoms with Crippen LogP contribution in [0, 0.1) is 52.3 Å². The van der Waals surface area contributed by atoms with Crippen LogP contribution in [0.15, 0.2) is 12.2 Å². The predicted molar refractivity (Wildman–Crippen MR) is 129 cm³/mol. The lowest BCUT2D eigenvalue weighted by Crippen LogP contribution is -2.52. The van der Waals surface area contributed by atoms with Crippen LogP contribution in [0.1, 0.15) is 106 Å². The molecule has 0 amide bonds. The average Bonchev–Trinajstić information content (AvgIpc) is 3.05. The monoisotopic (exact) mass is 428 g/mol. The summed E-state index contributed by atoms with van der Waals surface area (Å²) in [5.41, 5.74) is 0.944. The molecule has 0 aromatic carbocycles. The molecule has 0 bridgehead atoms. The molecule has 0 spiro atoms. The van der Waals surface area contributed by atoms with Crippen molar-refractivity contribution in [3.63, 3.8) is 0 Å². The lowest BCUT2D eigenvalue weighted by Gasteiger charge is -2.59. The molecule has 0 saturated heterocycles. The first kappa shape index (κ1) is 23.4. The Hall–Kier alpha value is -0.790. The largest absolute Gasteiger partial charge is 0.463 e. The lowest BCUT2D eigenvalue weighted by atomic mass is 9.46. The van der Waals surface area contributed by atoms with Gasteiger partial charge < -0.3 is 4.74 Å². The van der Waals surface area contributed by atoms with E-state index in [2.05, 4.69) is 46.8 Å². The molecule has 3 fully saturated rings. The van der Waals surface area contributed by atoms with Crippen LogP contribution >= 0.6 is 0 Å². The van der Waals surface area contributed by atoms with Crippen LogP contribution in [-0.4, -0.2) is 12.1 Å². The molecule has 0 aromatic heterocycles. The van der Waals surface area contributed by atoms with Gasteiger partial charge in [0.25, 0.3) is 0 Å². The highest BCUT2D eigenvalue weighted by Gasteiger charge is 2.59. The average molecular weight is 429 g/mol. The first-order chi connectivity index (χ1) is 14.6. The Bertz CT molecular complexity index is 680. The van der Waals surface area contributed by atoms with E-state index >= 15 is 0 Å². The van der Waals surface area contributed by atoms with Crippen LogP contribution in [0.25, 0.3) is 0 Å². The molecule has 31 heavy (non-hydrogen) atoms. The molecule has 4 aliphatic carbocycles. The fourth-order valence-electron chi connectivity index (χ4n) is 8.95. The number of allylic oxidation sites excluding steroid dienone is 2. The first-order valence-corrected chi connectivity index (χ1v) is 13.5. The Morgan fingerprint density at radius 2 is 1.68 bits per heavy atom. The van der Waals surface area contributed by atoms with E-state index in [0.717, 1.165) is 48.3 Å². The Morgan fingerprint density at radius 1 is 0.968 bits per heavy atom. The van der Waals surface area contributed by atoms with Gasteiger partial charge in [-0.05, 0) is 97.2 Å². The molecule has 9 atom stereocenters. The summed E-state index contributed by atoms with van der Waals surface area (Å²) < 4.78 is 5.62. The van der Waals surface area contributed by atoms with Crippen LogP contribution < -0.4 is 0 Å². The van der Waals surface area contributed by atoms with Gasteiger partial charge in [0.15, 0.2) is 0 Å². The van der Waals surface area contributed by atoms with Gasteiger partial charge in [-0.25, -0.2) is 0 Å². The number of carbonyl (C=O) groups excluding carboxylic acids is 1. The number of hydrogen-bond acceptors (Lipinski definition) is 2. The highest BCUT2D eigenvalue weighted by Crippen LogP contribution is 2.67. The molecule has 4 rings (SSSR count). The maximum atomic E-state index is 11.5. The second kappa shape index (κ2) is 8.86. The van der Waals surface area contributed by atoms with Crippen LogP contribution in [-0.2, 0) is 9.53 Å². The van der Waals surface area contributed by atoms with Crippen LogP contribution in [0.2, 0.25) is 0 Å². The minimum atomic E-state index is -0.112. The van der Waals surface area contributed by atoms with Gasteiger partial charge >= 0.3 is 5.97 Å². The van der Waals surface area contributed by atoms with E-state index in [1.807, 2.05) is 0 Å². The summed E-state index contributed by atoms with van der Waals surface area (Å²) in [7, 11) is 0. The zero-order valence-electron chi connectivity index (χ0n) is 21.2. The minimum Gasteiger partial charge on any atom is -0.463 e. The summed E-state index contributed by atoms with van der Waals surface area (Å²) in [6, 6.07) is 0. The molecular weight excluding hydrogens is 380 g/mol. The highest BCUT2D eigenvalue weighted by molar-refractivity contribution is 5.66. The molecule has 0 aromatic rings. The van der Waals surface area contributed by atoms with Crippen molar-refractivity contribution in [1.29, 1.82) is 0 Å². The number of esters is 1. The van der Waals surface area contributed by atoms with Gasteiger partial charge in [0.05, 0.1) is 0 Å². The van der Waals surface area contributed by atoms with E-state index in [4.69, 9.17) is 4.74 Å². The molecule has 0 heterocycles. The smallest absolute Gasteiger partial charge is 0.302 e. The summed E-state index contributed by atoms with van der Waals surface area (Å²) in [5.74, 6) is 5.59. The predicted octanol–water partition coefficient (Wildman–Crippen LogP) is 7.82. The highest BCUT2D eigenvalue weighted by atomic mass is 16.5. The van der Waals surface area contributed by atoms with Gasteiger partial charge in [0.1, 0.15) is 6.10 Å². The van der Waals surface area contributed by atoms with Gasteiger partial charge in [-0.3, -0.25) is 4.79 Å². The standard InChI is InChI=1S/C29H48O2/c1-19(2)8-7-9-20(3)25-12-13-26-24-11-10-22-18-23(31-21(4)30)14-16-28(22,5)27(24)15-17-29(25,26)6/h10-11,19-20,22-27H,7-9,12-18H2,1-6H3/t20-,22+,23-,24+,25+,26-,27-,28+,29+/m1/s1. The van der Waals surface area contributed by atoms with Crippen molar-refractivity contribution in [1.82, 2.24) is 0 Å². The third-order valence-corrected chi connectivity index (χ3v) is 10.6. The van der Waals surface area contributed by atoms with Gasteiger partial charge in [0, 0.05) is 6.92 Å². The lowest BCUT2D eigenvalue weighted by molar-refractivity contribution is -0.153. The van der Waals surface area contributed by atoms with Gasteiger partial charge in [0.2, 0.25) is 0 Å². The van der Waals surface area contributed by atoms with Gasteiger partial charge in [-0.1, -0.05) is 66.0 Å². The van der Waals surface area contributed by atoms with Crippen molar-refractivity contribution in [3.8, 4) is 0 Å². The van der Waals surface area contributed by atoms with Crippen LogP contribution in [0.5, 0.6) is 0 Å². The Kier molecular flexibility index (Phi) is 6.68. The molecule has 0 unspecified atom stereocenters. The maximum absolute atomic E-state index is 11.5. The number of ether oxygens (including phenoxy) is 1. The zero-order chi connectivity index (χ0) is 22.4. The fourth-order valence-corrected chi connectivity index (χ4v) is 8.95. The molecule has 2 heteroatoms. The summed E-state index contributed by atoms with van der Waals surface area (Å²) in [5, 5.41) is 0. The van der Waals surface area contributed by atoms with Crippen molar-refractivity contribution in [2.24, 2.45) is 52.3 Å². The Balaban J connectivity index is 1.47. The Labute approximate surface area is 192 Å². The molecule has 3 saturated carbocycles. The molecular formula is C29H48O2.